The number of hydrogen-bond donors (Lipinski definition) is 1. The number of hydrogen-bond acceptors (Lipinski definition) is 6. The average Bonchev–Trinajstić information content (AvgIpc) is 3.07. The molecule has 2 aromatic heterocycles. The molecule has 1 aliphatic heterocycles. The van der Waals surface area contributed by atoms with E-state index in [1.54, 1.807) is 12.1 Å². The van der Waals surface area contributed by atoms with Crippen molar-refractivity contribution in [1.82, 2.24) is 14.6 Å². The van der Waals surface area contributed by atoms with Crippen molar-refractivity contribution in [3.05, 3.63) is 57.0 Å². The Morgan fingerprint density at radius 3 is 2.74 bits per heavy atom. The van der Waals surface area contributed by atoms with Gasteiger partial charge in [0, 0.05) is 35.4 Å². The van der Waals surface area contributed by atoms with Gasteiger partial charge in [-0.2, -0.15) is 4.52 Å². The van der Waals surface area contributed by atoms with Crippen LogP contribution in [-0.2, 0) is 12.0 Å². The van der Waals surface area contributed by atoms with Crippen molar-refractivity contribution < 1.29 is 5.11 Å². The SMILES string of the molecule is CCCc1cc(=O)n2nc(N3CCC(O)(c4ccccc4Cl)CC3)sc2n1. The van der Waals surface area contributed by atoms with E-state index in [0.29, 0.717) is 35.9 Å². The van der Waals surface area contributed by atoms with E-state index in [9.17, 15) is 9.90 Å². The van der Waals surface area contributed by atoms with Gasteiger partial charge in [-0.25, -0.2) is 4.98 Å². The lowest BCUT2D eigenvalue weighted by atomic mass is 9.84. The normalized spacial score (nSPS) is 16.8. The number of aliphatic hydroxyl groups is 1. The fourth-order valence-corrected chi connectivity index (χ4v) is 4.82. The first kappa shape index (κ1) is 18.4. The molecule has 3 aromatic rings. The van der Waals surface area contributed by atoms with E-state index in [1.165, 1.54) is 15.9 Å². The Balaban J connectivity index is 1.57. The molecule has 1 aromatic carbocycles. The minimum Gasteiger partial charge on any atom is -0.385 e. The molecule has 0 radical (unpaired) electrons. The topological polar surface area (TPSA) is 70.7 Å². The molecule has 0 unspecified atom stereocenters. The first-order valence-electron chi connectivity index (χ1n) is 9.12. The summed E-state index contributed by atoms with van der Waals surface area (Å²) in [4.78, 5) is 19.6. The van der Waals surface area contributed by atoms with E-state index >= 15 is 0 Å². The van der Waals surface area contributed by atoms with Crippen LogP contribution in [0.15, 0.2) is 35.1 Å². The second kappa shape index (κ2) is 7.22. The summed E-state index contributed by atoms with van der Waals surface area (Å²) in [5, 5.41) is 16.9. The van der Waals surface area contributed by atoms with Gasteiger partial charge in [-0.3, -0.25) is 4.79 Å². The first-order chi connectivity index (χ1) is 13.0. The monoisotopic (exact) mass is 404 g/mol. The van der Waals surface area contributed by atoms with Crippen LogP contribution in [0, 0.1) is 0 Å². The maximum Gasteiger partial charge on any atom is 0.275 e. The number of aryl methyl sites for hydroxylation is 1. The summed E-state index contributed by atoms with van der Waals surface area (Å²) in [6.07, 6.45) is 2.83. The average molecular weight is 405 g/mol. The van der Waals surface area contributed by atoms with Crippen LogP contribution in [0.3, 0.4) is 0 Å². The predicted octanol–water partition coefficient (Wildman–Crippen LogP) is 3.24. The summed E-state index contributed by atoms with van der Waals surface area (Å²) >= 11 is 7.70. The van der Waals surface area contributed by atoms with Crippen molar-refractivity contribution in [3.8, 4) is 0 Å². The smallest absolute Gasteiger partial charge is 0.275 e. The van der Waals surface area contributed by atoms with Crippen molar-refractivity contribution in [2.75, 3.05) is 18.0 Å². The molecule has 1 aliphatic rings. The van der Waals surface area contributed by atoms with Crippen LogP contribution in [0.2, 0.25) is 5.02 Å². The quantitative estimate of drug-likeness (QED) is 0.722. The molecule has 6 nitrogen and oxygen atoms in total. The van der Waals surface area contributed by atoms with Crippen LogP contribution in [-0.4, -0.2) is 32.8 Å². The molecule has 4 rings (SSSR count). The molecular formula is C19H21ClN4O2S. The van der Waals surface area contributed by atoms with E-state index in [2.05, 4.69) is 21.9 Å². The summed E-state index contributed by atoms with van der Waals surface area (Å²) in [6, 6.07) is 9.01. The highest BCUT2D eigenvalue weighted by Crippen LogP contribution is 2.38. The van der Waals surface area contributed by atoms with Crippen LogP contribution in [0.1, 0.15) is 37.4 Å². The number of nitrogens with zero attached hydrogens (tertiary/aromatic N) is 4. The fourth-order valence-electron chi connectivity index (χ4n) is 3.53. The molecule has 1 saturated heterocycles. The highest BCUT2D eigenvalue weighted by molar-refractivity contribution is 7.20. The lowest BCUT2D eigenvalue weighted by molar-refractivity contribution is 0.0118. The molecule has 0 amide bonds. The van der Waals surface area contributed by atoms with Gasteiger partial charge in [0.1, 0.15) is 0 Å². The van der Waals surface area contributed by atoms with Crippen LogP contribution in [0.4, 0.5) is 5.13 Å². The summed E-state index contributed by atoms with van der Waals surface area (Å²) < 4.78 is 1.37. The Bertz CT molecular complexity index is 1020. The first-order valence-corrected chi connectivity index (χ1v) is 10.3. The zero-order valence-electron chi connectivity index (χ0n) is 15.1. The number of aromatic nitrogens is 3. The summed E-state index contributed by atoms with van der Waals surface area (Å²) in [5.74, 6) is 0. The Labute approximate surface area is 166 Å². The van der Waals surface area contributed by atoms with Crippen LogP contribution < -0.4 is 10.5 Å². The minimum absolute atomic E-state index is 0.143. The Morgan fingerprint density at radius 2 is 2.04 bits per heavy atom. The third-order valence-electron chi connectivity index (χ3n) is 5.03. The van der Waals surface area contributed by atoms with Gasteiger partial charge >= 0.3 is 0 Å². The van der Waals surface area contributed by atoms with Gasteiger partial charge in [0.25, 0.3) is 5.56 Å². The lowest BCUT2D eigenvalue weighted by Crippen LogP contribution is -2.42. The molecule has 142 valence electrons. The zero-order valence-corrected chi connectivity index (χ0v) is 16.6. The molecular weight excluding hydrogens is 384 g/mol. The zero-order chi connectivity index (χ0) is 19.0. The third-order valence-corrected chi connectivity index (χ3v) is 6.33. The van der Waals surface area contributed by atoms with Crippen LogP contribution in [0.25, 0.3) is 4.96 Å². The van der Waals surface area contributed by atoms with Gasteiger partial charge in [0.05, 0.1) is 5.60 Å². The number of benzene rings is 1. The van der Waals surface area contributed by atoms with Crippen LogP contribution >= 0.6 is 22.9 Å². The van der Waals surface area contributed by atoms with E-state index in [-0.39, 0.29) is 5.56 Å². The largest absolute Gasteiger partial charge is 0.385 e. The number of rotatable bonds is 4. The highest BCUT2D eigenvalue weighted by Gasteiger charge is 2.36. The van der Waals surface area contributed by atoms with Gasteiger partial charge in [0.15, 0.2) is 0 Å². The van der Waals surface area contributed by atoms with E-state index in [1.807, 2.05) is 18.2 Å². The van der Waals surface area contributed by atoms with Gasteiger partial charge in [-0.05, 0) is 25.3 Å². The Kier molecular flexibility index (Phi) is 4.92. The van der Waals surface area contributed by atoms with Crippen molar-refractivity contribution >= 4 is 33.0 Å². The third kappa shape index (κ3) is 3.47. The number of piperidine rings is 1. The number of fused-ring (bicyclic) bond motifs is 1. The summed E-state index contributed by atoms with van der Waals surface area (Å²) in [7, 11) is 0. The second-order valence-electron chi connectivity index (χ2n) is 6.91. The van der Waals surface area contributed by atoms with Crippen molar-refractivity contribution in [1.29, 1.82) is 0 Å². The maximum atomic E-state index is 12.3. The van der Waals surface area contributed by atoms with Crippen LogP contribution in [0.5, 0.6) is 0 Å². The Morgan fingerprint density at radius 1 is 1.30 bits per heavy atom. The minimum atomic E-state index is -0.936. The van der Waals surface area contributed by atoms with E-state index < -0.39 is 5.60 Å². The van der Waals surface area contributed by atoms with Crippen molar-refractivity contribution in [3.63, 3.8) is 0 Å². The molecule has 1 N–H and O–H groups in total. The predicted molar refractivity (Wildman–Crippen MR) is 108 cm³/mol. The van der Waals surface area contributed by atoms with Crippen molar-refractivity contribution in [2.45, 2.75) is 38.2 Å². The lowest BCUT2D eigenvalue weighted by Gasteiger charge is -2.38. The molecule has 27 heavy (non-hydrogen) atoms. The summed E-state index contributed by atoms with van der Waals surface area (Å²) in [5.41, 5.74) is 0.507. The molecule has 0 spiro atoms. The molecule has 3 heterocycles. The van der Waals surface area contributed by atoms with Crippen molar-refractivity contribution in [2.24, 2.45) is 0 Å². The molecule has 0 aliphatic carbocycles. The van der Waals surface area contributed by atoms with E-state index in [4.69, 9.17) is 11.6 Å². The fraction of sp³-hybridized carbons (Fsp3) is 0.421. The summed E-state index contributed by atoms with van der Waals surface area (Å²) in [6.45, 7) is 3.34. The van der Waals surface area contributed by atoms with Gasteiger partial charge in [-0.15, -0.1) is 5.10 Å². The molecule has 0 saturated carbocycles. The Hall–Kier alpha value is -1.96. The van der Waals surface area contributed by atoms with Gasteiger partial charge in [0.2, 0.25) is 10.1 Å². The van der Waals surface area contributed by atoms with E-state index in [0.717, 1.165) is 29.2 Å². The molecule has 8 heteroatoms. The molecule has 0 atom stereocenters. The molecule has 1 fully saturated rings. The standard InChI is InChI=1S/C19H21ClN4O2S/c1-2-5-13-12-16(25)24-17(21-13)27-18(22-24)23-10-8-19(26,9-11-23)14-6-3-4-7-15(14)20/h3-4,6-7,12,26H,2,5,8-11H2,1H3. The number of halogens is 1. The van der Waals surface area contributed by atoms with Gasteiger partial charge < -0.3 is 10.0 Å². The maximum absolute atomic E-state index is 12.3. The molecule has 0 bridgehead atoms. The van der Waals surface area contributed by atoms with Gasteiger partial charge in [-0.1, -0.05) is 54.5 Å². The highest BCUT2D eigenvalue weighted by atomic mass is 35.5. The second-order valence-corrected chi connectivity index (χ2v) is 8.25. The number of anilines is 1.